The average Bonchev–Trinajstić information content (AvgIpc) is 4.36. The molecule has 356 valence electrons. The van der Waals surface area contributed by atoms with E-state index < -0.39 is 32.2 Å². The van der Waals surface area contributed by atoms with Gasteiger partial charge in [-0.3, -0.25) is 0 Å². The molecule has 0 amide bonds. The Kier molecular flexibility index (Phi) is 8.45. The summed E-state index contributed by atoms with van der Waals surface area (Å²) in [5.74, 6) is 0. The summed E-state index contributed by atoms with van der Waals surface area (Å²) in [6, 6.07) is 80.3. The maximum atomic E-state index is 10.5. The van der Waals surface area contributed by atoms with Gasteiger partial charge in [-0.05, 0) is 110 Å². The third kappa shape index (κ3) is 6.81. The van der Waals surface area contributed by atoms with Crippen molar-refractivity contribution in [1.82, 2.24) is 13.7 Å². The summed E-state index contributed by atoms with van der Waals surface area (Å²) in [6.07, 6.45) is 0. The molecule has 3 heterocycles. The van der Waals surface area contributed by atoms with Crippen molar-refractivity contribution in [3.05, 3.63) is 297 Å². The van der Waals surface area contributed by atoms with Crippen molar-refractivity contribution in [3.8, 4) is 39.3 Å². The van der Waals surface area contributed by atoms with E-state index in [1.54, 1.807) is 0 Å². The minimum absolute atomic E-state index is 0.0288. The number of para-hydroxylation sites is 5. The van der Waals surface area contributed by atoms with Crippen LogP contribution in [0.25, 0.3) is 105 Å². The summed E-state index contributed by atoms with van der Waals surface area (Å²) in [5.41, 5.74) is 8.24. The second-order valence-corrected chi connectivity index (χ2v) is 23.1. The van der Waals surface area contributed by atoms with Crippen molar-refractivity contribution in [3.63, 3.8) is 0 Å². The van der Waals surface area contributed by atoms with Crippen LogP contribution in [0.2, 0.25) is 0 Å². The van der Waals surface area contributed by atoms with Crippen LogP contribution < -0.4 is 20.7 Å². The van der Waals surface area contributed by atoms with Crippen molar-refractivity contribution in [2.24, 2.45) is 0 Å². The van der Waals surface area contributed by atoms with Gasteiger partial charge in [-0.2, -0.15) is 0 Å². The van der Waals surface area contributed by atoms with E-state index in [2.05, 4.69) is 123 Å². The molecule has 12 aromatic carbocycles. The molecule has 15 aromatic rings. The predicted octanol–water partition coefficient (Wildman–Crippen LogP) is 15.7. The lowest BCUT2D eigenvalue weighted by Gasteiger charge is -2.34. The first kappa shape index (κ1) is 36.2. The SMILES string of the molecule is [2H]c1c([2H])c(-c2cc(-n3c4ccccc4c4ccccc43)cc(-n3c4ccccc4c4ccc(-n5c6ccccc6c6ccccc65)cc43)c2)c([2H])c(-c2c([2H])c([2H])c([2H])c([Si](c3ccccc3)(c3ccccc3)c3ccccc3)c2[2H])c1[2H]. The fourth-order valence-corrected chi connectivity index (χ4v) is 16.5. The zero-order valence-corrected chi connectivity index (χ0v) is 42.0. The van der Waals surface area contributed by atoms with Gasteiger partial charge in [-0.25, -0.2) is 0 Å². The van der Waals surface area contributed by atoms with E-state index in [9.17, 15) is 11.0 Å². The van der Waals surface area contributed by atoms with Crippen LogP contribution in [0.15, 0.2) is 297 Å². The summed E-state index contributed by atoms with van der Waals surface area (Å²) >= 11 is 0. The molecule has 0 spiro atoms. The van der Waals surface area contributed by atoms with Gasteiger partial charge in [0.05, 0.1) is 44.1 Å². The van der Waals surface area contributed by atoms with E-state index in [-0.39, 0.29) is 46.0 Å². The van der Waals surface area contributed by atoms with Gasteiger partial charge in [0.1, 0.15) is 0 Å². The molecule has 0 saturated carbocycles. The Balaban J connectivity index is 1.04. The Morgan fingerprint density at radius 3 is 1.04 bits per heavy atom. The number of rotatable bonds is 9. The summed E-state index contributed by atoms with van der Waals surface area (Å²) in [4.78, 5) is 0. The molecule has 4 heteroatoms. The molecule has 3 nitrogen and oxygen atoms in total. The molecule has 0 aliphatic heterocycles. The predicted molar refractivity (Wildman–Crippen MR) is 324 cm³/mol. The molecule has 0 aliphatic rings. The van der Waals surface area contributed by atoms with Crippen LogP contribution in [0, 0.1) is 0 Å². The van der Waals surface area contributed by atoms with Crippen LogP contribution in [0.3, 0.4) is 0 Å². The molecule has 15 rings (SSSR count). The van der Waals surface area contributed by atoms with E-state index in [1.165, 1.54) is 0 Å². The van der Waals surface area contributed by atoms with Crippen LogP contribution >= 0.6 is 0 Å². The number of hydrogen-bond acceptors (Lipinski definition) is 0. The molecule has 3 aromatic heterocycles. The molecule has 76 heavy (non-hydrogen) atoms. The zero-order valence-electron chi connectivity index (χ0n) is 49.0. The Hall–Kier alpha value is -9.74. The minimum atomic E-state index is -3.75. The molecule has 0 bridgehead atoms. The molecule has 0 radical (unpaired) electrons. The third-order valence-corrected chi connectivity index (χ3v) is 19.9. The molecule has 0 saturated heterocycles. The van der Waals surface area contributed by atoms with Crippen LogP contribution in [-0.2, 0) is 0 Å². The first-order chi connectivity index (χ1) is 41.1. The highest BCUT2D eigenvalue weighted by Crippen LogP contribution is 2.40. The van der Waals surface area contributed by atoms with E-state index >= 15 is 0 Å². The number of hydrogen-bond donors (Lipinski definition) is 0. The second kappa shape index (κ2) is 17.7. The fraction of sp³-hybridized carbons (Fsp3) is 0. The molecule has 0 aliphatic carbocycles. The topological polar surface area (TPSA) is 14.8 Å². The number of fused-ring (bicyclic) bond motifs is 9. The molecule has 0 unspecified atom stereocenters. The molecule has 0 atom stereocenters. The van der Waals surface area contributed by atoms with Gasteiger partial charge in [0, 0.05) is 49.4 Å². The maximum absolute atomic E-state index is 10.5. The number of aromatic nitrogens is 3. The number of nitrogens with zero attached hydrogens (tertiary/aromatic N) is 3. The highest BCUT2D eigenvalue weighted by molar-refractivity contribution is 7.19. The molecule has 0 N–H and O–H groups in total. The minimum Gasteiger partial charge on any atom is -0.309 e. The molecule has 0 fully saturated rings. The maximum Gasteiger partial charge on any atom is 0.179 e. The Morgan fingerprint density at radius 2 is 0.592 bits per heavy atom. The Bertz CT molecular complexity index is 4990. The van der Waals surface area contributed by atoms with Gasteiger partial charge in [0.15, 0.2) is 8.07 Å². The van der Waals surface area contributed by atoms with E-state index in [0.29, 0.717) is 16.9 Å². The van der Waals surface area contributed by atoms with Crippen molar-refractivity contribution < 1.29 is 11.0 Å². The van der Waals surface area contributed by atoms with Crippen LogP contribution in [0.5, 0.6) is 0 Å². The lowest BCUT2D eigenvalue weighted by atomic mass is 9.98. The second-order valence-electron chi connectivity index (χ2n) is 19.4. The first-order valence-electron chi connectivity index (χ1n) is 29.6. The van der Waals surface area contributed by atoms with Gasteiger partial charge in [0.25, 0.3) is 0 Å². The summed E-state index contributed by atoms with van der Waals surface area (Å²) in [7, 11) is -3.75. The van der Waals surface area contributed by atoms with Crippen molar-refractivity contribution in [1.29, 1.82) is 0 Å². The summed E-state index contributed by atoms with van der Waals surface area (Å²) in [5, 5.41) is 9.16. The first-order valence-corrected chi connectivity index (χ1v) is 27.6. The highest BCUT2D eigenvalue weighted by atomic mass is 28.3. The monoisotopic (exact) mass is 991 g/mol. The normalized spacial score (nSPS) is 13.4. The number of benzene rings is 12. The van der Waals surface area contributed by atoms with Crippen molar-refractivity contribution >= 4 is 94.2 Å². The smallest absolute Gasteiger partial charge is 0.179 e. The Labute approximate surface area is 453 Å². The quantitative estimate of drug-likeness (QED) is 0.101. The summed E-state index contributed by atoms with van der Waals surface area (Å²) < 4.78 is 86.4. The van der Waals surface area contributed by atoms with Crippen LogP contribution in [0.1, 0.15) is 11.0 Å². The fourth-order valence-electron chi connectivity index (χ4n) is 12.0. The van der Waals surface area contributed by atoms with E-state index in [4.69, 9.17) is 0 Å². The van der Waals surface area contributed by atoms with E-state index in [0.717, 1.165) is 86.7 Å². The summed E-state index contributed by atoms with van der Waals surface area (Å²) in [6.45, 7) is 0. The van der Waals surface area contributed by atoms with Gasteiger partial charge < -0.3 is 13.7 Å². The van der Waals surface area contributed by atoms with Crippen molar-refractivity contribution in [2.75, 3.05) is 0 Å². The van der Waals surface area contributed by atoms with Crippen LogP contribution in [-0.4, -0.2) is 21.8 Å². The molecular weight excluding hydrogens is 935 g/mol. The lowest BCUT2D eigenvalue weighted by Crippen LogP contribution is -2.74. The van der Waals surface area contributed by atoms with Gasteiger partial charge in [-0.15, -0.1) is 0 Å². The zero-order chi connectivity index (χ0) is 57.1. The van der Waals surface area contributed by atoms with Crippen LogP contribution in [0.4, 0.5) is 0 Å². The molecular formula is C72H49N3Si. The van der Waals surface area contributed by atoms with Gasteiger partial charge >= 0.3 is 0 Å². The highest BCUT2D eigenvalue weighted by Gasteiger charge is 2.41. The van der Waals surface area contributed by atoms with Gasteiger partial charge in [0.2, 0.25) is 0 Å². The lowest BCUT2D eigenvalue weighted by molar-refractivity contribution is 1.13. The average molecular weight is 992 g/mol. The van der Waals surface area contributed by atoms with Gasteiger partial charge in [-0.1, -0.05) is 230 Å². The Morgan fingerprint density at radius 1 is 0.250 bits per heavy atom. The standard InChI is InChI=1S/C72H49N3Si/c1-4-25-57(26-5-1)76(58-27-6-2-7-28-58,59-29-8-3-9-30-59)60-31-21-24-52(47-60)50-22-20-23-51(44-50)53-45-55(74-69-39-17-12-34-63(69)64-35-13-18-40-70(64)74)48-56(46-53)75-71-41-19-14-36-65(71)66-43-42-54(49-72(66)75)73-67-37-15-10-32-61(67)62-33-11-16-38-68(62)73/h1-49H/i20D,21D,22D,23D,24D,31D,44D,47D. The third-order valence-electron chi connectivity index (χ3n) is 15.3. The largest absolute Gasteiger partial charge is 0.309 e. The van der Waals surface area contributed by atoms with Crippen molar-refractivity contribution in [2.45, 2.75) is 0 Å². The van der Waals surface area contributed by atoms with E-state index in [1.807, 2.05) is 140 Å².